The molecule has 164 valence electrons. The summed E-state index contributed by atoms with van der Waals surface area (Å²) >= 11 is 1.44. The zero-order chi connectivity index (χ0) is 22.2. The molecule has 3 aromatic rings. The molecule has 0 bridgehead atoms. The molecule has 11 heteroatoms. The summed E-state index contributed by atoms with van der Waals surface area (Å²) in [6, 6.07) is 6.65. The van der Waals surface area contributed by atoms with Crippen LogP contribution in [-0.2, 0) is 33.9 Å². The SMILES string of the molecule is CC(=O)Nc1ccc2c(CSc3nnc(CC4CCS(=O)(=O)C4)n3C)cc(=O)oc2c1. The van der Waals surface area contributed by atoms with Crippen molar-refractivity contribution in [2.75, 3.05) is 16.8 Å². The Balaban J connectivity index is 1.51. The average Bonchev–Trinajstić information content (AvgIpc) is 3.21. The molecule has 0 radical (unpaired) electrons. The number of fused-ring (bicyclic) bond motifs is 1. The third-order valence-corrected chi connectivity index (χ3v) is 8.14. The molecule has 31 heavy (non-hydrogen) atoms. The highest BCUT2D eigenvalue weighted by atomic mass is 32.2. The second kappa shape index (κ2) is 8.46. The first-order valence-corrected chi connectivity index (χ1v) is 12.6. The van der Waals surface area contributed by atoms with Crippen molar-refractivity contribution in [2.45, 2.75) is 30.7 Å². The zero-order valence-corrected chi connectivity index (χ0v) is 18.8. The van der Waals surface area contributed by atoms with E-state index in [1.165, 1.54) is 24.8 Å². The molecule has 1 saturated heterocycles. The van der Waals surface area contributed by atoms with Gasteiger partial charge in [0.15, 0.2) is 15.0 Å². The Morgan fingerprint density at radius 3 is 2.84 bits per heavy atom. The number of sulfone groups is 1. The monoisotopic (exact) mass is 462 g/mol. The van der Waals surface area contributed by atoms with Crippen LogP contribution >= 0.6 is 11.8 Å². The largest absolute Gasteiger partial charge is 0.423 e. The lowest BCUT2D eigenvalue weighted by molar-refractivity contribution is -0.114. The summed E-state index contributed by atoms with van der Waals surface area (Å²) in [5.74, 6) is 1.54. The molecular weight excluding hydrogens is 440 g/mol. The van der Waals surface area contributed by atoms with Crippen molar-refractivity contribution in [2.24, 2.45) is 13.0 Å². The predicted molar refractivity (Wildman–Crippen MR) is 118 cm³/mol. The number of carbonyl (C=O) groups excluding carboxylic acids is 1. The van der Waals surface area contributed by atoms with Gasteiger partial charge < -0.3 is 14.3 Å². The normalized spacial score (nSPS) is 17.8. The van der Waals surface area contributed by atoms with E-state index in [1.54, 1.807) is 12.1 Å². The number of rotatable bonds is 6. The lowest BCUT2D eigenvalue weighted by atomic mass is 10.1. The van der Waals surface area contributed by atoms with Crippen molar-refractivity contribution in [1.82, 2.24) is 14.8 Å². The summed E-state index contributed by atoms with van der Waals surface area (Å²) in [6.07, 6.45) is 1.23. The Bertz CT molecular complexity index is 1310. The van der Waals surface area contributed by atoms with Crippen molar-refractivity contribution < 1.29 is 17.6 Å². The van der Waals surface area contributed by atoms with Crippen LogP contribution in [0.1, 0.15) is 24.7 Å². The van der Waals surface area contributed by atoms with Crippen LogP contribution in [0.25, 0.3) is 11.0 Å². The third-order valence-electron chi connectivity index (χ3n) is 5.23. The van der Waals surface area contributed by atoms with Gasteiger partial charge in [-0.2, -0.15) is 0 Å². The van der Waals surface area contributed by atoms with Gasteiger partial charge in [0.25, 0.3) is 0 Å². The van der Waals surface area contributed by atoms with E-state index in [9.17, 15) is 18.0 Å². The summed E-state index contributed by atoms with van der Waals surface area (Å²) in [5, 5.41) is 12.6. The number of hydrogen-bond acceptors (Lipinski definition) is 8. The van der Waals surface area contributed by atoms with Gasteiger partial charge in [0.2, 0.25) is 5.91 Å². The molecular formula is C20H22N4O5S2. The molecule has 1 unspecified atom stereocenters. The summed E-state index contributed by atoms with van der Waals surface area (Å²) in [4.78, 5) is 23.3. The van der Waals surface area contributed by atoms with Crippen LogP contribution in [0.4, 0.5) is 5.69 Å². The first-order chi connectivity index (χ1) is 14.7. The maximum atomic E-state index is 12.0. The number of anilines is 1. The van der Waals surface area contributed by atoms with Crippen molar-refractivity contribution in [1.29, 1.82) is 0 Å². The average molecular weight is 463 g/mol. The van der Waals surface area contributed by atoms with E-state index < -0.39 is 15.5 Å². The molecule has 1 N–H and O–H groups in total. The fourth-order valence-corrected chi connectivity index (χ4v) is 6.50. The van der Waals surface area contributed by atoms with Gasteiger partial charge in [0.1, 0.15) is 11.4 Å². The Hall–Kier alpha value is -2.66. The van der Waals surface area contributed by atoms with E-state index in [4.69, 9.17) is 4.42 Å². The van der Waals surface area contributed by atoms with Crippen LogP contribution in [0.2, 0.25) is 0 Å². The Morgan fingerprint density at radius 2 is 2.13 bits per heavy atom. The Morgan fingerprint density at radius 1 is 1.32 bits per heavy atom. The minimum absolute atomic E-state index is 0.0752. The smallest absolute Gasteiger partial charge is 0.336 e. The summed E-state index contributed by atoms with van der Waals surface area (Å²) in [7, 11) is -1.07. The maximum absolute atomic E-state index is 12.0. The summed E-state index contributed by atoms with van der Waals surface area (Å²) in [5.41, 5.74) is 1.27. The van der Waals surface area contributed by atoms with Crippen molar-refractivity contribution in [3.05, 3.63) is 46.1 Å². The van der Waals surface area contributed by atoms with Gasteiger partial charge in [-0.05, 0) is 30.0 Å². The first-order valence-electron chi connectivity index (χ1n) is 9.76. The van der Waals surface area contributed by atoms with E-state index in [1.807, 2.05) is 17.7 Å². The van der Waals surface area contributed by atoms with Crippen LogP contribution in [0.5, 0.6) is 0 Å². The van der Waals surface area contributed by atoms with Gasteiger partial charge >= 0.3 is 5.63 Å². The minimum Gasteiger partial charge on any atom is -0.423 e. The molecule has 4 rings (SSSR count). The van der Waals surface area contributed by atoms with Gasteiger partial charge in [-0.3, -0.25) is 4.79 Å². The van der Waals surface area contributed by atoms with E-state index in [-0.39, 0.29) is 23.3 Å². The van der Waals surface area contributed by atoms with Crippen LogP contribution in [-0.4, -0.2) is 40.6 Å². The molecule has 1 aliphatic rings. The lowest BCUT2D eigenvalue weighted by Gasteiger charge is -2.09. The molecule has 1 amide bonds. The number of nitrogens with zero attached hydrogens (tertiary/aromatic N) is 3. The third kappa shape index (κ3) is 4.99. The van der Waals surface area contributed by atoms with Crippen LogP contribution in [0, 0.1) is 5.92 Å². The molecule has 2 aromatic heterocycles. The number of benzene rings is 1. The van der Waals surface area contributed by atoms with E-state index >= 15 is 0 Å². The molecule has 1 aliphatic heterocycles. The van der Waals surface area contributed by atoms with Crippen molar-refractivity contribution in [3.63, 3.8) is 0 Å². The van der Waals surface area contributed by atoms with Gasteiger partial charge in [0.05, 0.1) is 11.5 Å². The minimum atomic E-state index is -2.93. The van der Waals surface area contributed by atoms with E-state index in [0.717, 1.165) is 16.8 Å². The van der Waals surface area contributed by atoms with Crippen molar-refractivity contribution in [3.8, 4) is 0 Å². The molecule has 1 fully saturated rings. The van der Waals surface area contributed by atoms with Gasteiger partial charge in [0, 0.05) is 49.4 Å². The number of aromatic nitrogens is 3. The van der Waals surface area contributed by atoms with Crippen LogP contribution in [0.15, 0.2) is 38.6 Å². The highest BCUT2D eigenvalue weighted by Crippen LogP contribution is 2.28. The molecule has 0 aliphatic carbocycles. The molecule has 0 saturated carbocycles. The fraction of sp³-hybridized carbons (Fsp3) is 0.400. The first kappa shape index (κ1) is 21.6. The van der Waals surface area contributed by atoms with E-state index in [2.05, 4.69) is 15.5 Å². The Kier molecular flexibility index (Phi) is 5.89. The number of nitrogens with one attached hydrogen (secondary N) is 1. The number of carbonyl (C=O) groups is 1. The number of amides is 1. The molecule has 9 nitrogen and oxygen atoms in total. The van der Waals surface area contributed by atoms with Crippen molar-refractivity contribution >= 4 is 44.2 Å². The topological polar surface area (TPSA) is 124 Å². The second-order valence-electron chi connectivity index (χ2n) is 7.70. The van der Waals surface area contributed by atoms with Gasteiger partial charge in [-0.1, -0.05) is 11.8 Å². The number of thioether (sulfide) groups is 1. The summed E-state index contributed by atoms with van der Waals surface area (Å²) in [6.45, 7) is 1.41. The molecule has 1 aromatic carbocycles. The van der Waals surface area contributed by atoms with E-state index in [0.29, 0.717) is 35.0 Å². The standard InChI is InChI=1S/C20H22N4O5S2/c1-12(25)21-15-3-4-16-14(8-19(26)29-17(16)9-15)10-30-20-23-22-18(24(20)2)7-13-5-6-31(27,28)11-13/h3-4,8-9,13H,5-7,10-11H2,1-2H3,(H,21,25). The number of hydrogen-bond donors (Lipinski definition) is 1. The van der Waals surface area contributed by atoms with Gasteiger partial charge in [-0.15, -0.1) is 10.2 Å². The summed E-state index contributed by atoms with van der Waals surface area (Å²) < 4.78 is 30.5. The van der Waals surface area contributed by atoms with Gasteiger partial charge in [-0.25, -0.2) is 13.2 Å². The fourth-order valence-electron chi connectivity index (χ4n) is 3.71. The van der Waals surface area contributed by atoms with Crippen LogP contribution < -0.4 is 10.9 Å². The maximum Gasteiger partial charge on any atom is 0.336 e. The highest BCUT2D eigenvalue weighted by molar-refractivity contribution is 7.98. The second-order valence-corrected chi connectivity index (χ2v) is 10.9. The molecule has 1 atom stereocenters. The highest BCUT2D eigenvalue weighted by Gasteiger charge is 2.29. The molecule has 0 spiro atoms. The van der Waals surface area contributed by atoms with Crippen LogP contribution in [0.3, 0.4) is 0 Å². The quantitative estimate of drug-likeness (QED) is 0.436. The Labute approximate surface area is 183 Å². The lowest BCUT2D eigenvalue weighted by Crippen LogP contribution is -2.11. The molecule has 3 heterocycles. The predicted octanol–water partition coefficient (Wildman–Crippen LogP) is 2.15. The zero-order valence-electron chi connectivity index (χ0n) is 17.1.